The van der Waals surface area contributed by atoms with E-state index in [1.807, 2.05) is 41.3 Å². The number of ether oxygens (including phenoxy) is 1. The van der Waals surface area contributed by atoms with Crippen molar-refractivity contribution in [2.24, 2.45) is 0 Å². The molecule has 1 N–H and O–H groups in total. The van der Waals surface area contributed by atoms with E-state index in [2.05, 4.69) is 15.4 Å². The predicted molar refractivity (Wildman–Crippen MR) is 111 cm³/mol. The van der Waals surface area contributed by atoms with Gasteiger partial charge in [0.1, 0.15) is 25.0 Å². The summed E-state index contributed by atoms with van der Waals surface area (Å²) in [6, 6.07) is 14.6. The van der Waals surface area contributed by atoms with E-state index in [0.29, 0.717) is 43.1 Å². The lowest BCUT2D eigenvalue weighted by Gasteiger charge is -2.16. The van der Waals surface area contributed by atoms with Crippen LogP contribution < -0.4 is 10.1 Å². The van der Waals surface area contributed by atoms with Gasteiger partial charge in [-0.3, -0.25) is 9.59 Å². The molecule has 8 nitrogen and oxygen atoms in total. The van der Waals surface area contributed by atoms with Gasteiger partial charge >= 0.3 is 0 Å². The summed E-state index contributed by atoms with van der Waals surface area (Å²) in [5.41, 5.74) is 2.15. The van der Waals surface area contributed by atoms with Crippen LogP contribution in [0.4, 0.5) is 5.69 Å². The molecule has 0 spiro atoms. The lowest BCUT2D eigenvalue weighted by Crippen LogP contribution is -2.24. The molecule has 2 amide bonds. The quantitative estimate of drug-likeness (QED) is 0.622. The van der Waals surface area contributed by atoms with Gasteiger partial charge in [0.2, 0.25) is 5.91 Å². The van der Waals surface area contributed by atoms with Crippen molar-refractivity contribution in [2.75, 3.05) is 18.5 Å². The zero-order valence-electron chi connectivity index (χ0n) is 16.5. The van der Waals surface area contributed by atoms with Crippen LogP contribution in [0.5, 0.6) is 5.75 Å². The molecule has 2 aromatic carbocycles. The minimum absolute atomic E-state index is 0.172. The maximum Gasteiger partial charge on any atom is 0.255 e. The Morgan fingerprint density at radius 2 is 2.07 bits per heavy atom. The monoisotopic (exact) mass is 405 g/mol. The highest BCUT2D eigenvalue weighted by molar-refractivity contribution is 6.04. The summed E-state index contributed by atoms with van der Waals surface area (Å²) < 4.78 is 7.42. The number of hydrogen-bond donors (Lipinski definition) is 1. The highest BCUT2D eigenvalue weighted by atomic mass is 16.5. The molecule has 1 saturated heterocycles. The first-order valence-corrected chi connectivity index (χ1v) is 9.91. The number of rotatable bonds is 8. The van der Waals surface area contributed by atoms with Gasteiger partial charge in [-0.2, -0.15) is 5.10 Å². The van der Waals surface area contributed by atoms with Gasteiger partial charge in [-0.1, -0.05) is 18.2 Å². The summed E-state index contributed by atoms with van der Waals surface area (Å²) in [6.45, 7) is 2.34. The molecular weight excluding hydrogens is 382 g/mol. The number of carbonyl (C=O) groups excluding carboxylic acids is 2. The van der Waals surface area contributed by atoms with E-state index in [9.17, 15) is 9.59 Å². The Hall–Kier alpha value is -3.68. The standard InChI is InChI=1S/C22H23N5O3/c28-21-8-3-9-26(21)14-17-4-1-5-18(12-17)22(29)25-19-6-2-7-20(13-19)30-11-10-27-16-23-15-24-27/h1-2,4-7,12-13,15-16H,3,8-11,14H2,(H,25,29). The Bertz CT molecular complexity index is 1020. The van der Waals surface area contributed by atoms with Gasteiger partial charge in [-0.05, 0) is 36.2 Å². The van der Waals surface area contributed by atoms with E-state index in [-0.39, 0.29) is 11.8 Å². The van der Waals surface area contributed by atoms with Crippen LogP contribution in [-0.2, 0) is 17.9 Å². The van der Waals surface area contributed by atoms with Gasteiger partial charge in [0, 0.05) is 36.8 Å². The molecule has 0 saturated carbocycles. The zero-order valence-corrected chi connectivity index (χ0v) is 16.5. The van der Waals surface area contributed by atoms with Gasteiger partial charge in [-0.25, -0.2) is 9.67 Å². The van der Waals surface area contributed by atoms with Gasteiger partial charge < -0.3 is 15.0 Å². The van der Waals surface area contributed by atoms with Crippen molar-refractivity contribution in [1.82, 2.24) is 19.7 Å². The number of nitrogens with one attached hydrogen (secondary N) is 1. The number of amides is 2. The number of anilines is 1. The first-order valence-electron chi connectivity index (χ1n) is 9.91. The van der Waals surface area contributed by atoms with Gasteiger partial charge in [0.25, 0.3) is 5.91 Å². The Kier molecular flexibility index (Phi) is 6.03. The van der Waals surface area contributed by atoms with Crippen molar-refractivity contribution in [1.29, 1.82) is 0 Å². The maximum atomic E-state index is 12.7. The highest BCUT2D eigenvalue weighted by Crippen LogP contribution is 2.19. The van der Waals surface area contributed by atoms with Crippen molar-refractivity contribution >= 4 is 17.5 Å². The Morgan fingerprint density at radius 3 is 2.87 bits per heavy atom. The Morgan fingerprint density at radius 1 is 1.17 bits per heavy atom. The van der Waals surface area contributed by atoms with Crippen LogP contribution in [0.2, 0.25) is 0 Å². The molecule has 0 atom stereocenters. The summed E-state index contributed by atoms with van der Waals surface area (Å²) in [4.78, 5) is 30.3. The SMILES string of the molecule is O=C(Nc1cccc(OCCn2cncn2)c1)c1cccc(CN2CCCC2=O)c1. The third-order valence-electron chi connectivity index (χ3n) is 4.88. The molecule has 0 bridgehead atoms. The molecular formula is C22H23N5O3. The van der Waals surface area contributed by atoms with Crippen LogP contribution in [-0.4, -0.2) is 44.6 Å². The maximum absolute atomic E-state index is 12.7. The fourth-order valence-corrected chi connectivity index (χ4v) is 3.37. The summed E-state index contributed by atoms with van der Waals surface area (Å²) in [5, 5.41) is 6.93. The van der Waals surface area contributed by atoms with Gasteiger partial charge in [0.15, 0.2) is 0 Å². The average Bonchev–Trinajstić information content (AvgIpc) is 3.41. The van der Waals surface area contributed by atoms with E-state index in [4.69, 9.17) is 4.74 Å². The smallest absolute Gasteiger partial charge is 0.255 e. The molecule has 4 rings (SSSR count). The second-order valence-electron chi connectivity index (χ2n) is 7.11. The molecule has 2 heterocycles. The molecule has 8 heteroatoms. The van der Waals surface area contributed by atoms with Crippen molar-refractivity contribution in [3.63, 3.8) is 0 Å². The van der Waals surface area contributed by atoms with E-state index < -0.39 is 0 Å². The van der Waals surface area contributed by atoms with Crippen LogP contribution >= 0.6 is 0 Å². The molecule has 154 valence electrons. The molecule has 1 fully saturated rings. The van der Waals surface area contributed by atoms with Gasteiger partial charge in [0.05, 0.1) is 6.54 Å². The molecule has 0 aliphatic carbocycles. The van der Waals surface area contributed by atoms with Crippen LogP contribution in [0.25, 0.3) is 0 Å². The number of hydrogen-bond acceptors (Lipinski definition) is 5. The summed E-state index contributed by atoms with van der Waals surface area (Å²) in [5.74, 6) is 0.629. The normalized spacial score (nSPS) is 13.5. The lowest BCUT2D eigenvalue weighted by molar-refractivity contribution is -0.128. The first-order chi connectivity index (χ1) is 14.7. The van der Waals surface area contributed by atoms with E-state index >= 15 is 0 Å². The zero-order chi connectivity index (χ0) is 20.8. The lowest BCUT2D eigenvalue weighted by atomic mass is 10.1. The molecule has 0 unspecified atom stereocenters. The minimum atomic E-state index is -0.204. The fourth-order valence-electron chi connectivity index (χ4n) is 3.37. The van der Waals surface area contributed by atoms with Crippen molar-refractivity contribution in [3.8, 4) is 5.75 Å². The number of aromatic nitrogens is 3. The van der Waals surface area contributed by atoms with E-state index in [0.717, 1.165) is 18.5 Å². The van der Waals surface area contributed by atoms with Crippen LogP contribution in [0.1, 0.15) is 28.8 Å². The second kappa shape index (κ2) is 9.21. The molecule has 3 aromatic rings. The molecule has 1 aromatic heterocycles. The molecule has 1 aliphatic heterocycles. The molecule has 0 radical (unpaired) electrons. The van der Waals surface area contributed by atoms with Crippen LogP contribution in [0.3, 0.4) is 0 Å². The summed E-state index contributed by atoms with van der Waals surface area (Å²) in [7, 11) is 0. The fraction of sp³-hybridized carbons (Fsp3) is 0.273. The number of carbonyl (C=O) groups is 2. The summed E-state index contributed by atoms with van der Waals surface area (Å²) >= 11 is 0. The van der Waals surface area contributed by atoms with Crippen molar-refractivity contribution < 1.29 is 14.3 Å². The molecule has 30 heavy (non-hydrogen) atoms. The first kappa shape index (κ1) is 19.6. The Balaban J connectivity index is 1.35. The highest BCUT2D eigenvalue weighted by Gasteiger charge is 2.20. The Labute approximate surface area is 174 Å². The number of nitrogens with zero attached hydrogens (tertiary/aromatic N) is 4. The second-order valence-corrected chi connectivity index (χ2v) is 7.11. The van der Waals surface area contributed by atoms with Crippen molar-refractivity contribution in [2.45, 2.75) is 25.9 Å². The van der Waals surface area contributed by atoms with Crippen molar-refractivity contribution in [3.05, 3.63) is 72.3 Å². The van der Waals surface area contributed by atoms with Crippen LogP contribution in [0, 0.1) is 0 Å². The third kappa shape index (κ3) is 5.02. The third-order valence-corrected chi connectivity index (χ3v) is 4.88. The summed E-state index contributed by atoms with van der Waals surface area (Å²) in [6.07, 6.45) is 4.62. The van der Waals surface area contributed by atoms with E-state index in [1.54, 1.807) is 23.1 Å². The van der Waals surface area contributed by atoms with E-state index in [1.165, 1.54) is 6.33 Å². The predicted octanol–water partition coefficient (Wildman–Crippen LogP) is 2.73. The molecule has 1 aliphatic rings. The topological polar surface area (TPSA) is 89.3 Å². The average molecular weight is 405 g/mol. The minimum Gasteiger partial charge on any atom is -0.492 e. The van der Waals surface area contributed by atoms with Gasteiger partial charge in [-0.15, -0.1) is 0 Å². The number of benzene rings is 2. The number of likely N-dealkylation sites (tertiary alicyclic amines) is 1. The largest absolute Gasteiger partial charge is 0.492 e. The van der Waals surface area contributed by atoms with Crippen LogP contribution in [0.15, 0.2) is 61.2 Å².